The second kappa shape index (κ2) is 39.5. The number of nitrogens with one attached hydrogen (secondary N) is 1. The molecule has 0 aliphatic rings. The van der Waals surface area contributed by atoms with E-state index in [0.29, 0.717) is 6.42 Å². The van der Waals surface area contributed by atoms with Gasteiger partial charge in [0.25, 0.3) is 10.1 Å². The third-order valence-corrected chi connectivity index (χ3v) is 10.2. The average Bonchev–Trinajstić information content (AvgIpc) is 3.12. The molecule has 0 fully saturated rings. The molecule has 0 spiro atoms. The monoisotopic (exact) mass is 760 g/mol. The van der Waals surface area contributed by atoms with Gasteiger partial charge in [-0.1, -0.05) is 196 Å². The number of aliphatic hydroxyl groups is 1. The maximum absolute atomic E-state index is 12.5. The van der Waals surface area contributed by atoms with Crippen molar-refractivity contribution in [2.75, 3.05) is 5.75 Å². The van der Waals surface area contributed by atoms with Gasteiger partial charge in [0.15, 0.2) is 0 Å². The molecular weight excluding hydrogens is 679 g/mol. The van der Waals surface area contributed by atoms with E-state index >= 15 is 0 Å². The maximum atomic E-state index is 12.5. The lowest BCUT2D eigenvalue weighted by molar-refractivity contribution is -0.122. The molecule has 306 valence electrons. The Labute approximate surface area is 327 Å². The highest BCUT2D eigenvalue weighted by Crippen LogP contribution is 2.14. The van der Waals surface area contributed by atoms with Crippen LogP contribution in [-0.4, -0.2) is 41.9 Å². The van der Waals surface area contributed by atoms with Crippen LogP contribution in [0.25, 0.3) is 0 Å². The first-order valence-electron chi connectivity index (χ1n) is 21.6. The highest BCUT2D eigenvalue weighted by atomic mass is 32.2. The van der Waals surface area contributed by atoms with Gasteiger partial charge in [0.2, 0.25) is 5.91 Å². The zero-order valence-electron chi connectivity index (χ0n) is 34.1. The van der Waals surface area contributed by atoms with Crippen LogP contribution < -0.4 is 5.32 Å². The van der Waals surface area contributed by atoms with Crippen LogP contribution >= 0.6 is 0 Å². The fraction of sp³-hybridized carbons (Fsp3) is 0.717. The quantitative estimate of drug-likeness (QED) is 0.0330. The Kier molecular flexibility index (Phi) is 37.8. The number of carbonyl (C=O) groups is 1. The van der Waals surface area contributed by atoms with E-state index in [4.69, 9.17) is 0 Å². The van der Waals surface area contributed by atoms with Gasteiger partial charge in [-0.25, -0.2) is 0 Å². The van der Waals surface area contributed by atoms with Crippen LogP contribution in [0, 0.1) is 0 Å². The van der Waals surface area contributed by atoms with Gasteiger partial charge in [0.1, 0.15) is 0 Å². The maximum Gasteiger partial charge on any atom is 0.267 e. The first-order chi connectivity index (χ1) is 25.8. The third-order valence-electron chi connectivity index (χ3n) is 9.39. The summed E-state index contributed by atoms with van der Waals surface area (Å²) in [6.07, 6.45) is 56.0. The molecule has 0 bridgehead atoms. The predicted molar refractivity (Wildman–Crippen MR) is 230 cm³/mol. The van der Waals surface area contributed by atoms with E-state index in [1.54, 1.807) is 6.08 Å². The second-order valence-electron chi connectivity index (χ2n) is 14.6. The number of carbonyl (C=O) groups excluding carboxylic acids is 1. The summed E-state index contributed by atoms with van der Waals surface area (Å²) in [5.74, 6) is -1.01. The second-order valence-corrected chi connectivity index (χ2v) is 16.1. The van der Waals surface area contributed by atoms with Crippen LogP contribution in [0.1, 0.15) is 194 Å². The summed E-state index contributed by atoms with van der Waals surface area (Å²) in [7, 11) is -4.36. The van der Waals surface area contributed by atoms with E-state index in [2.05, 4.69) is 79.9 Å². The van der Waals surface area contributed by atoms with Crippen molar-refractivity contribution in [3.63, 3.8) is 0 Å². The Hall–Kier alpha value is -2.22. The SMILES string of the molecule is CC/C=C\C/C=C\C/C=C\C/C=C\C/C=C\CCCCCCCC(=O)NC(CS(=O)(=O)O)C(O)/C=C/CCCCCCCCCCCCCCCCC. The van der Waals surface area contributed by atoms with Gasteiger partial charge in [0.05, 0.1) is 17.9 Å². The topological polar surface area (TPSA) is 104 Å². The fourth-order valence-electron chi connectivity index (χ4n) is 6.18. The Morgan fingerprint density at radius 3 is 1.34 bits per heavy atom. The van der Waals surface area contributed by atoms with Crippen LogP contribution in [0.3, 0.4) is 0 Å². The van der Waals surface area contributed by atoms with Crippen LogP contribution in [0.4, 0.5) is 0 Å². The number of unbranched alkanes of at least 4 members (excludes halogenated alkanes) is 20. The molecule has 0 saturated heterocycles. The molecule has 0 saturated carbocycles. The van der Waals surface area contributed by atoms with Crippen LogP contribution in [0.5, 0.6) is 0 Å². The Balaban J connectivity index is 3.97. The molecule has 0 heterocycles. The average molecular weight is 760 g/mol. The number of hydrogen-bond donors (Lipinski definition) is 3. The Bertz CT molecular complexity index is 1100. The first kappa shape index (κ1) is 50.8. The zero-order valence-corrected chi connectivity index (χ0v) is 34.9. The first-order valence-corrected chi connectivity index (χ1v) is 23.2. The molecule has 0 radical (unpaired) electrons. The number of amides is 1. The molecule has 7 heteroatoms. The summed E-state index contributed by atoms with van der Waals surface area (Å²) in [4.78, 5) is 12.5. The van der Waals surface area contributed by atoms with E-state index in [9.17, 15) is 22.9 Å². The van der Waals surface area contributed by atoms with E-state index in [1.807, 2.05) is 6.08 Å². The van der Waals surface area contributed by atoms with E-state index in [0.717, 1.165) is 83.5 Å². The molecule has 6 nitrogen and oxygen atoms in total. The summed E-state index contributed by atoms with van der Waals surface area (Å²) in [5.41, 5.74) is 0. The van der Waals surface area contributed by atoms with Crippen molar-refractivity contribution < 1.29 is 22.9 Å². The lowest BCUT2D eigenvalue weighted by Gasteiger charge is -2.21. The normalized spacial score (nSPS) is 14.0. The zero-order chi connectivity index (χ0) is 38.9. The van der Waals surface area contributed by atoms with Crippen molar-refractivity contribution in [2.24, 2.45) is 0 Å². The van der Waals surface area contributed by atoms with Crippen molar-refractivity contribution >= 4 is 16.0 Å². The van der Waals surface area contributed by atoms with Gasteiger partial charge in [-0.3, -0.25) is 9.35 Å². The molecule has 1 amide bonds. The van der Waals surface area contributed by atoms with Gasteiger partial charge < -0.3 is 10.4 Å². The molecule has 0 rings (SSSR count). The number of aliphatic hydroxyl groups excluding tert-OH is 1. The number of hydrogen-bond acceptors (Lipinski definition) is 4. The van der Waals surface area contributed by atoms with E-state index in [1.165, 1.54) is 83.5 Å². The van der Waals surface area contributed by atoms with Gasteiger partial charge in [-0.2, -0.15) is 8.42 Å². The standard InChI is InChI=1S/C46H81NO5S/c1-3-5-7-9-11-13-15-17-19-21-22-23-24-26-28-30-32-34-36-38-40-42-46(49)47-44(43-53(50,51)52)45(48)41-39-37-35-33-31-29-27-25-20-18-16-14-12-10-8-6-4-2/h5,7,11,13,17,19,22-23,26,28,39,41,44-45,48H,3-4,6,8-10,12,14-16,18,20-21,24-25,27,29-38,40,42-43H2,1-2H3,(H,47,49)(H,50,51,52)/b7-5-,13-11-,19-17-,23-22-,28-26-,41-39+. The molecule has 0 aromatic carbocycles. The lowest BCUT2D eigenvalue weighted by Crippen LogP contribution is -2.46. The van der Waals surface area contributed by atoms with Gasteiger partial charge >= 0.3 is 0 Å². The molecule has 2 atom stereocenters. The smallest absolute Gasteiger partial charge is 0.267 e. The largest absolute Gasteiger partial charge is 0.387 e. The molecule has 0 aromatic rings. The van der Waals surface area contributed by atoms with Gasteiger partial charge in [-0.15, -0.1) is 0 Å². The molecule has 53 heavy (non-hydrogen) atoms. The fourth-order valence-corrected chi connectivity index (χ4v) is 6.92. The molecule has 0 aliphatic heterocycles. The predicted octanol–water partition coefficient (Wildman–Crippen LogP) is 13.0. The molecule has 0 aromatic heterocycles. The van der Waals surface area contributed by atoms with Crippen LogP contribution in [0.15, 0.2) is 72.9 Å². The van der Waals surface area contributed by atoms with Crippen molar-refractivity contribution in [1.29, 1.82) is 0 Å². The highest BCUT2D eigenvalue weighted by molar-refractivity contribution is 7.85. The minimum atomic E-state index is -4.36. The van der Waals surface area contributed by atoms with Crippen molar-refractivity contribution in [1.82, 2.24) is 5.32 Å². The molecule has 2 unspecified atom stereocenters. The number of rotatable bonds is 38. The van der Waals surface area contributed by atoms with Gasteiger partial charge in [0, 0.05) is 6.42 Å². The summed E-state index contributed by atoms with van der Waals surface area (Å²) in [5, 5.41) is 13.2. The molecular formula is C46H81NO5S. The van der Waals surface area contributed by atoms with E-state index < -0.39 is 28.0 Å². The van der Waals surface area contributed by atoms with Gasteiger partial charge in [-0.05, 0) is 64.2 Å². The van der Waals surface area contributed by atoms with Crippen molar-refractivity contribution in [3.05, 3.63) is 72.9 Å². The van der Waals surface area contributed by atoms with Crippen LogP contribution in [0.2, 0.25) is 0 Å². The Morgan fingerprint density at radius 2 is 0.906 bits per heavy atom. The van der Waals surface area contributed by atoms with Crippen molar-refractivity contribution in [3.8, 4) is 0 Å². The minimum absolute atomic E-state index is 0.270. The summed E-state index contributed by atoms with van der Waals surface area (Å²) in [6.45, 7) is 4.41. The lowest BCUT2D eigenvalue weighted by atomic mass is 10.0. The highest BCUT2D eigenvalue weighted by Gasteiger charge is 2.24. The van der Waals surface area contributed by atoms with Crippen molar-refractivity contribution in [2.45, 2.75) is 206 Å². The number of allylic oxidation sites excluding steroid dienone is 11. The third kappa shape index (κ3) is 40.8. The molecule has 3 N–H and O–H groups in total. The Morgan fingerprint density at radius 1 is 0.528 bits per heavy atom. The summed E-state index contributed by atoms with van der Waals surface area (Å²) < 4.78 is 32.5. The molecule has 0 aliphatic carbocycles. The van der Waals surface area contributed by atoms with E-state index in [-0.39, 0.29) is 12.3 Å². The van der Waals surface area contributed by atoms with Crippen LogP contribution in [-0.2, 0) is 14.9 Å². The summed E-state index contributed by atoms with van der Waals surface area (Å²) >= 11 is 0. The minimum Gasteiger partial charge on any atom is -0.387 e. The summed E-state index contributed by atoms with van der Waals surface area (Å²) in [6, 6.07) is -1.07.